The van der Waals surface area contributed by atoms with Crippen molar-refractivity contribution in [2.75, 3.05) is 38.2 Å². The van der Waals surface area contributed by atoms with Gasteiger partial charge >= 0.3 is 0 Å². The zero-order valence-corrected chi connectivity index (χ0v) is 10.3. The average molecular weight is 241 g/mol. The van der Waals surface area contributed by atoms with Gasteiger partial charge in [0, 0.05) is 44.0 Å². The summed E-state index contributed by atoms with van der Waals surface area (Å²) in [5.41, 5.74) is 2.29. The lowest BCUT2D eigenvalue weighted by molar-refractivity contribution is 0.185. The van der Waals surface area contributed by atoms with Gasteiger partial charge in [0.2, 0.25) is 0 Å². The molecule has 0 saturated carbocycles. The Labute approximate surface area is 101 Å². The summed E-state index contributed by atoms with van der Waals surface area (Å²) in [5.74, 6) is 0. The Balaban J connectivity index is 2.17. The first-order chi connectivity index (χ1) is 7.81. The van der Waals surface area contributed by atoms with Crippen LogP contribution in [0.5, 0.6) is 0 Å². The number of piperazine rings is 1. The van der Waals surface area contributed by atoms with Crippen molar-refractivity contribution in [1.29, 1.82) is 0 Å². The number of nitrogens with one attached hydrogen (secondary N) is 1. The third kappa shape index (κ3) is 2.67. The molecule has 4 heteroatoms. The Hall–Kier alpha value is -0.770. The van der Waals surface area contributed by atoms with Crippen LogP contribution in [0.2, 0.25) is 5.02 Å². The summed E-state index contributed by atoms with van der Waals surface area (Å²) in [4.78, 5) is 2.37. The smallest absolute Gasteiger partial charge is 0.0728 e. The molecule has 1 aromatic rings. The molecule has 0 unspecified atom stereocenters. The van der Waals surface area contributed by atoms with E-state index in [0.29, 0.717) is 6.61 Å². The number of benzene rings is 1. The highest BCUT2D eigenvalue weighted by molar-refractivity contribution is 6.31. The standard InChI is InChI=1S/C12H17ClN2O/c1-16-9-10-8-11(2-3-12(10)13)15-6-4-14-5-7-15/h2-3,8,14H,4-7,9H2,1H3. The third-order valence-electron chi connectivity index (χ3n) is 2.81. The highest BCUT2D eigenvalue weighted by Crippen LogP contribution is 2.24. The second-order valence-corrected chi connectivity index (χ2v) is 4.35. The molecule has 0 aliphatic carbocycles. The first-order valence-corrected chi connectivity index (χ1v) is 5.92. The topological polar surface area (TPSA) is 24.5 Å². The van der Waals surface area contributed by atoms with Crippen molar-refractivity contribution in [3.8, 4) is 0 Å². The molecule has 0 radical (unpaired) electrons. The van der Waals surface area contributed by atoms with E-state index in [9.17, 15) is 0 Å². The van der Waals surface area contributed by atoms with Crippen molar-refractivity contribution < 1.29 is 4.74 Å². The molecule has 3 nitrogen and oxygen atoms in total. The normalized spacial score (nSPS) is 16.5. The van der Waals surface area contributed by atoms with Crippen LogP contribution in [0.25, 0.3) is 0 Å². The molecule has 16 heavy (non-hydrogen) atoms. The molecule has 1 aliphatic heterocycles. The summed E-state index contributed by atoms with van der Waals surface area (Å²) >= 11 is 6.10. The van der Waals surface area contributed by atoms with E-state index in [-0.39, 0.29) is 0 Å². The maximum atomic E-state index is 6.10. The Bertz CT molecular complexity index is 351. The van der Waals surface area contributed by atoms with Crippen molar-refractivity contribution in [3.63, 3.8) is 0 Å². The molecule has 1 N–H and O–H groups in total. The van der Waals surface area contributed by atoms with Crippen molar-refractivity contribution in [1.82, 2.24) is 5.32 Å². The fourth-order valence-corrected chi connectivity index (χ4v) is 2.12. The summed E-state index contributed by atoms with van der Waals surface area (Å²) in [7, 11) is 1.69. The van der Waals surface area contributed by atoms with E-state index in [1.54, 1.807) is 7.11 Å². The Morgan fingerprint density at radius 2 is 2.12 bits per heavy atom. The predicted octanol–water partition coefficient (Wildman–Crippen LogP) is 1.90. The van der Waals surface area contributed by atoms with E-state index in [0.717, 1.165) is 36.8 Å². The average Bonchev–Trinajstić information content (AvgIpc) is 2.33. The lowest BCUT2D eigenvalue weighted by Gasteiger charge is -2.29. The van der Waals surface area contributed by atoms with E-state index in [1.165, 1.54) is 5.69 Å². The molecule has 1 saturated heterocycles. The van der Waals surface area contributed by atoms with Gasteiger partial charge in [-0.3, -0.25) is 0 Å². The van der Waals surface area contributed by atoms with E-state index >= 15 is 0 Å². The van der Waals surface area contributed by atoms with Crippen LogP contribution in [0.4, 0.5) is 5.69 Å². The van der Waals surface area contributed by atoms with Gasteiger partial charge in [0.15, 0.2) is 0 Å². The van der Waals surface area contributed by atoms with E-state index in [1.807, 2.05) is 6.07 Å². The van der Waals surface area contributed by atoms with Crippen molar-refractivity contribution in [2.45, 2.75) is 6.61 Å². The first kappa shape index (κ1) is 11.7. The SMILES string of the molecule is COCc1cc(N2CCNCC2)ccc1Cl. The summed E-state index contributed by atoms with van der Waals surface area (Å²) in [6.45, 7) is 4.76. The minimum Gasteiger partial charge on any atom is -0.380 e. The van der Waals surface area contributed by atoms with Crippen LogP contribution in [0.15, 0.2) is 18.2 Å². The number of hydrogen-bond acceptors (Lipinski definition) is 3. The van der Waals surface area contributed by atoms with Crippen LogP contribution < -0.4 is 10.2 Å². The Kier molecular flexibility index (Phi) is 4.04. The second-order valence-electron chi connectivity index (χ2n) is 3.95. The van der Waals surface area contributed by atoms with Crippen LogP contribution in [-0.4, -0.2) is 33.3 Å². The van der Waals surface area contributed by atoms with Gasteiger partial charge in [-0.2, -0.15) is 0 Å². The number of hydrogen-bond donors (Lipinski definition) is 1. The van der Waals surface area contributed by atoms with E-state index < -0.39 is 0 Å². The maximum Gasteiger partial charge on any atom is 0.0728 e. The van der Waals surface area contributed by atoms with Crippen molar-refractivity contribution in [2.24, 2.45) is 0 Å². The molecule has 88 valence electrons. The summed E-state index contributed by atoms with van der Waals surface area (Å²) in [6.07, 6.45) is 0. The zero-order chi connectivity index (χ0) is 11.4. The number of ether oxygens (including phenoxy) is 1. The van der Waals surface area contributed by atoms with Gasteiger partial charge in [-0.15, -0.1) is 0 Å². The molecule has 0 atom stereocenters. The van der Waals surface area contributed by atoms with Crippen molar-refractivity contribution >= 4 is 17.3 Å². The fourth-order valence-electron chi connectivity index (χ4n) is 1.95. The number of anilines is 1. The third-order valence-corrected chi connectivity index (χ3v) is 3.18. The van der Waals surface area contributed by atoms with Crippen LogP contribution in [0, 0.1) is 0 Å². The van der Waals surface area contributed by atoms with Gasteiger partial charge in [-0.05, 0) is 23.8 Å². The molecular formula is C12H17ClN2O. The zero-order valence-electron chi connectivity index (χ0n) is 9.50. The molecule has 1 aromatic carbocycles. The summed E-state index contributed by atoms with van der Waals surface area (Å²) in [6, 6.07) is 6.15. The van der Waals surface area contributed by atoms with Gasteiger partial charge in [0.25, 0.3) is 0 Å². The molecule has 0 aromatic heterocycles. The van der Waals surface area contributed by atoms with Gasteiger partial charge in [0.1, 0.15) is 0 Å². The molecule has 2 rings (SSSR count). The van der Waals surface area contributed by atoms with Gasteiger partial charge < -0.3 is 15.0 Å². The highest BCUT2D eigenvalue weighted by atomic mass is 35.5. The molecule has 0 spiro atoms. The lowest BCUT2D eigenvalue weighted by Crippen LogP contribution is -2.43. The summed E-state index contributed by atoms with van der Waals surface area (Å²) in [5, 5.41) is 4.12. The van der Waals surface area contributed by atoms with Crippen LogP contribution >= 0.6 is 11.6 Å². The number of rotatable bonds is 3. The van der Waals surface area contributed by atoms with E-state index in [2.05, 4.69) is 22.3 Å². The largest absolute Gasteiger partial charge is 0.380 e. The predicted molar refractivity (Wildman–Crippen MR) is 67.2 cm³/mol. The first-order valence-electron chi connectivity index (χ1n) is 5.54. The number of methoxy groups -OCH3 is 1. The number of nitrogens with zero attached hydrogens (tertiary/aromatic N) is 1. The molecule has 1 aliphatic rings. The molecule has 0 amide bonds. The van der Waals surface area contributed by atoms with Crippen LogP contribution in [0.1, 0.15) is 5.56 Å². The maximum absolute atomic E-state index is 6.10. The quantitative estimate of drug-likeness (QED) is 0.874. The molecular weight excluding hydrogens is 224 g/mol. The lowest BCUT2D eigenvalue weighted by atomic mass is 10.2. The fraction of sp³-hybridized carbons (Fsp3) is 0.500. The van der Waals surface area contributed by atoms with Gasteiger partial charge in [0.05, 0.1) is 6.61 Å². The van der Waals surface area contributed by atoms with Crippen LogP contribution in [0.3, 0.4) is 0 Å². The number of halogens is 1. The van der Waals surface area contributed by atoms with E-state index in [4.69, 9.17) is 16.3 Å². The van der Waals surface area contributed by atoms with Gasteiger partial charge in [-0.1, -0.05) is 11.6 Å². The highest BCUT2D eigenvalue weighted by Gasteiger charge is 2.11. The molecule has 0 bridgehead atoms. The minimum atomic E-state index is 0.568. The second kappa shape index (κ2) is 5.53. The Morgan fingerprint density at radius 3 is 2.81 bits per heavy atom. The monoisotopic (exact) mass is 240 g/mol. The van der Waals surface area contributed by atoms with Crippen LogP contribution in [-0.2, 0) is 11.3 Å². The molecule has 1 heterocycles. The molecule has 1 fully saturated rings. The van der Waals surface area contributed by atoms with Gasteiger partial charge in [-0.25, -0.2) is 0 Å². The minimum absolute atomic E-state index is 0.568. The Morgan fingerprint density at radius 1 is 1.38 bits per heavy atom. The summed E-state index contributed by atoms with van der Waals surface area (Å²) < 4.78 is 5.14. The van der Waals surface area contributed by atoms with Crippen molar-refractivity contribution in [3.05, 3.63) is 28.8 Å².